The summed E-state index contributed by atoms with van der Waals surface area (Å²) in [5.74, 6) is 0.908. The molecule has 1 heterocycles. The van der Waals surface area contributed by atoms with Gasteiger partial charge in [0.2, 0.25) is 0 Å². The van der Waals surface area contributed by atoms with Crippen LogP contribution in [0, 0.1) is 0 Å². The van der Waals surface area contributed by atoms with E-state index in [2.05, 4.69) is 27.5 Å². The number of amides is 1. The van der Waals surface area contributed by atoms with Gasteiger partial charge in [-0.15, -0.1) is 0 Å². The highest BCUT2D eigenvalue weighted by atomic mass is 35.5. The summed E-state index contributed by atoms with van der Waals surface area (Å²) in [4.78, 5) is 20.2. The van der Waals surface area contributed by atoms with E-state index in [4.69, 9.17) is 16.3 Å². The maximum atomic E-state index is 11.9. The van der Waals surface area contributed by atoms with Gasteiger partial charge in [-0.05, 0) is 24.6 Å². The Morgan fingerprint density at radius 1 is 1.30 bits per heavy atom. The minimum Gasteiger partial charge on any atom is -0.495 e. The average molecular weight is 335 g/mol. The Morgan fingerprint density at radius 3 is 2.78 bits per heavy atom. The zero-order valence-electron chi connectivity index (χ0n) is 13.1. The summed E-state index contributed by atoms with van der Waals surface area (Å²) >= 11 is 5.98. The molecule has 0 spiro atoms. The fourth-order valence-electron chi connectivity index (χ4n) is 1.89. The van der Waals surface area contributed by atoms with Crippen molar-refractivity contribution in [2.24, 2.45) is 0 Å². The van der Waals surface area contributed by atoms with Crippen molar-refractivity contribution in [1.82, 2.24) is 15.3 Å². The van der Waals surface area contributed by atoms with Gasteiger partial charge in [0, 0.05) is 11.6 Å². The number of carbonyl (C=O) groups is 1. The number of anilines is 2. The molecule has 0 aliphatic heterocycles. The molecule has 2 aromatic rings. The van der Waals surface area contributed by atoms with Gasteiger partial charge in [-0.2, -0.15) is 0 Å². The van der Waals surface area contributed by atoms with Crippen LogP contribution < -0.4 is 15.4 Å². The van der Waals surface area contributed by atoms with Crippen LogP contribution in [-0.2, 0) is 0 Å². The second kappa shape index (κ2) is 8.33. The van der Waals surface area contributed by atoms with Crippen LogP contribution in [-0.4, -0.2) is 29.5 Å². The Labute approximate surface area is 140 Å². The van der Waals surface area contributed by atoms with Gasteiger partial charge in [0.1, 0.15) is 17.3 Å². The molecule has 1 amide bonds. The van der Waals surface area contributed by atoms with E-state index in [0.29, 0.717) is 28.8 Å². The van der Waals surface area contributed by atoms with E-state index < -0.39 is 0 Å². The van der Waals surface area contributed by atoms with Crippen LogP contribution in [0.3, 0.4) is 0 Å². The highest BCUT2D eigenvalue weighted by molar-refractivity contribution is 6.31. The van der Waals surface area contributed by atoms with Crippen molar-refractivity contribution in [2.75, 3.05) is 19.0 Å². The third kappa shape index (κ3) is 4.82. The number of halogens is 1. The summed E-state index contributed by atoms with van der Waals surface area (Å²) in [7, 11) is 1.57. The van der Waals surface area contributed by atoms with E-state index in [-0.39, 0.29) is 11.6 Å². The summed E-state index contributed by atoms with van der Waals surface area (Å²) in [6.45, 7) is 2.70. The monoisotopic (exact) mass is 334 g/mol. The van der Waals surface area contributed by atoms with Gasteiger partial charge in [-0.25, -0.2) is 9.97 Å². The first-order valence-electron chi connectivity index (χ1n) is 7.35. The first kappa shape index (κ1) is 17.0. The smallest absolute Gasteiger partial charge is 0.271 e. The molecule has 23 heavy (non-hydrogen) atoms. The van der Waals surface area contributed by atoms with E-state index in [9.17, 15) is 4.79 Å². The molecule has 6 nitrogen and oxygen atoms in total. The Hall–Kier alpha value is -2.34. The number of hydrogen-bond acceptors (Lipinski definition) is 5. The van der Waals surface area contributed by atoms with Crippen molar-refractivity contribution >= 4 is 29.0 Å². The van der Waals surface area contributed by atoms with Crippen LogP contribution in [0.1, 0.15) is 30.3 Å². The molecular weight excluding hydrogens is 316 g/mol. The lowest BCUT2D eigenvalue weighted by atomic mass is 10.3. The third-order valence-corrected chi connectivity index (χ3v) is 3.36. The Morgan fingerprint density at radius 2 is 2.13 bits per heavy atom. The van der Waals surface area contributed by atoms with Crippen LogP contribution >= 0.6 is 11.6 Å². The average Bonchev–Trinajstić information content (AvgIpc) is 2.56. The molecular formula is C16H19ClN4O2. The topological polar surface area (TPSA) is 76.1 Å². The molecule has 0 aliphatic carbocycles. The standard InChI is InChI=1S/C16H19ClN4O2/c1-3-4-7-18-16(22)13-9-20-15(10-19-13)21-12-8-11(17)5-6-14(12)23-2/h5-6,8-10H,3-4,7H2,1-2H3,(H,18,22)(H,20,21). The minimum atomic E-state index is -0.224. The van der Waals surface area contributed by atoms with Crippen molar-refractivity contribution < 1.29 is 9.53 Å². The Bertz CT molecular complexity index is 662. The van der Waals surface area contributed by atoms with Crippen LogP contribution in [0.4, 0.5) is 11.5 Å². The molecule has 1 aromatic heterocycles. The van der Waals surface area contributed by atoms with Gasteiger partial charge in [0.05, 0.1) is 25.2 Å². The molecule has 2 rings (SSSR count). The highest BCUT2D eigenvalue weighted by Gasteiger charge is 2.09. The second-order valence-electron chi connectivity index (χ2n) is 4.87. The van der Waals surface area contributed by atoms with E-state index in [1.165, 1.54) is 12.4 Å². The van der Waals surface area contributed by atoms with Gasteiger partial charge in [0.15, 0.2) is 0 Å². The van der Waals surface area contributed by atoms with E-state index >= 15 is 0 Å². The molecule has 0 bridgehead atoms. The fourth-order valence-corrected chi connectivity index (χ4v) is 2.07. The number of carbonyl (C=O) groups excluding carboxylic acids is 1. The quantitative estimate of drug-likeness (QED) is 0.759. The molecule has 0 fully saturated rings. The molecule has 122 valence electrons. The number of methoxy groups -OCH3 is 1. The first-order chi connectivity index (χ1) is 11.1. The lowest BCUT2D eigenvalue weighted by Crippen LogP contribution is -2.25. The largest absolute Gasteiger partial charge is 0.495 e. The number of hydrogen-bond donors (Lipinski definition) is 2. The fraction of sp³-hybridized carbons (Fsp3) is 0.312. The molecule has 0 aliphatic rings. The summed E-state index contributed by atoms with van der Waals surface area (Å²) in [5.41, 5.74) is 0.958. The van der Waals surface area contributed by atoms with Gasteiger partial charge >= 0.3 is 0 Å². The van der Waals surface area contributed by atoms with Crippen LogP contribution in [0.15, 0.2) is 30.6 Å². The summed E-state index contributed by atoms with van der Waals surface area (Å²) in [6, 6.07) is 5.22. The molecule has 0 unspecified atom stereocenters. The zero-order chi connectivity index (χ0) is 16.7. The van der Waals surface area contributed by atoms with Crippen LogP contribution in [0.2, 0.25) is 5.02 Å². The highest BCUT2D eigenvalue weighted by Crippen LogP contribution is 2.29. The molecule has 7 heteroatoms. The number of ether oxygens (including phenoxy) is 1. The van der Waals surface area contributed by atoms with Gasteiger partial charge in [-0.1, -0.05) is 24.9 Å². The van der Waals surface area contributed by atoms with Crippen molar-refractivity contribution in [2.45, 2.75) is 19.8 Å². The molecule has 0 saturated heterocycles. The van der Waals surface area contributed by atoms with E-state index in [0.717, 1.165) is 12.8 Å². The number of aromatic nitrogens is 2. The number of nitrogens with one attached hydrogen (secondary N) is 2. The zero-order valence-corrected chi connectivity index (χ0v) is 13.9. The number of rotatable bonds is 7. The maximum absolute atomic E-state index is 11.9. The van der Waals surface area contributed by atoms with Gasteiger partial charge < -0.3 is 15.4 Å². The van der Waals surface area contributed by atoms with Gasteiger partial charge in [0.25, 0.3) is 5.91 Å². The van der Waals surface area contributed by atoms with Crippen molar-refractivity contribution in [3.05, 3.63) is 41.3 Å². The normalized spacial score (nSPS) is 10.2. The van der Waals surface area contributed by atoms with Crippen LogP contribution in [0.5, 0.6) is 5.75 Å². The molecule has 0 radical (unpaired) electrons. The van der Waals surface area contributed by atoms with Crippen LogP contribution in [0.25, 0.3) is 0 Å². The lowest BCUT2D eigenvalue weighted by Gasteiger charge is -2.11. The van der Waals surface area contributed by atoms with Crippen molar-refractivity contribution in [3.63, 3.8) is 0 Å². The minimum absolute atomic E-state index is 0.224. The molecule has 1 aromatic carbocycles. The first-order valence-corrected chi connectivity index (χ1v) is 7.72. The predicted octanol–water partition coefficient (Wildman–Crippen LogP) is 3.41. The maximum Gasteiger partial charge on any atom is 0.271 e. The number of benzene rings is 1. The molecule has 2 N–H and O–H groups in total. The SMILES string of the molecule is CCCCNC(=O)c1cnc(Nc2cc(Cl)ccc2OC)cn1. The predicted molar refractivity (Wildman–Crippen MR) is 90.6 cm³/mol. The second-order valence-corrected chi connectivity index (χ2v) is 5.30. The summed E-state index contributed by atoms with van der Waals surface area (Å²) in [6.07, 6.45) is 4.89. The van der Waals surface area contributed by atoms with Gasteiger partial charge in [-0.3, -0.25) is 4.79 Å². The van der Waals surface area contributed by atoms with Crippen molar-refractivity contribution in [3.8, 4) is 5.75 Å². The summed E-state index contributed by atoms with van der Waals surface area (Å²) < 4.78 is 5.26. The number of nitrogens with zero attached hydrogens (tertiary/aromatic N) is 2. The van der Waals surface area contributed by atoms with E-state index in [1.54, 1.807) is 25.3 Å². The molecule has 0 atom stereocenters. The third-order valence-electron chi connectivity index (χ3n) is 3.12. The molecule has 0 saturated carbocycles. The Kier molecular flexibility index (Phi) is 6.17. The van der Waals surface area contributed by atoms with Crippen molar-refractivity contribution in [1.29, 1.82) is 0 Å². The Balaban J connectivity index is 2.05. The number of unbranched alkanes of at least 4 members (excludes halogenated alkanes) is 1. The van der Waals surface area contributed by atoms with E-state index in [1.807, 2.05) is 0 Å². The lowest BCUT2D eigenvalue weighted by molar-refractivity contribution is 0.0948. The summed E-state index contributed by atoms with van der Waals surface area (Å²) in [5, 5.41) is 6.44.